The first kappa shape index (κ1) is 13.6. The van der Waals surface area contributed by atoms with Gasteiger partial charge >= 0.3 is 0 Å². The van der Waals surface area contributed by atoms with E-state index in [1.807, 2.05) is 12.1 Å². The Morgan fingerprint density at radius 2 is 1.90 bits per heavy atom. The topological polar surface area (TPSA) is 52.0 Å². The van der Waals surface area contributed by atoms with Crippen molar-refractivity contribution >= 4 is 21.4 Å². The molecule has 1 aromatic heterocycles. The highest BCUT2D eigenvalue weighted by atomic mass is 35.5. The molecule has 1 saturated carbocycles. The van der Waals surface area contributed by atoms with E-state index in [-0.39, 0.29) is 5.75 Å². The molecule has 0 amide bonds. The van der Waals surface area contributed by atoms with Crippen LogP contribution in [0.2, 0.25) is 5.02 Å². The van der Waals surface area contributed by atoms with Crippen LogP contribution in [0, 0.1) is 5.92 Å². The lowest BCUT2D eigenvalue weighted by Crippen LogP contribution is -2.11. The number of hydrogen-bond acceptors (Lipinski definition) is 3. The molecule has 0 N–H and O–H groups in total. The van der Waals surface area contributed by atoms with E-state index in [9.17, 15) is 8.42 Å². The summed E-state index contributed by atoms with van der Waals surface area (Å²) in [6, 6.07) is 9.00. The molecule has 0 bridgehead atoms. The predicted molar refractivity (Wildman–Crippen MR) is 78.8 cm³/mol. The Kier molecular flexibility index (Phi) is 3.56. The van der Waals surface area contributed by atoms with Crippen LogP contribution >= 0.6 is 11.6 Å². The van der Waals surface area contributed by atoms with Gasteiger partial charge in [-0.2, -0.15) is 5.10 Å². The minimum Gasteiger partial charge on any atom is -0.241 e. The molecule has 1 aromatic carbocycles. The Balaban J connectivity index is 1.74. The normalized spacial score (nSPS) is 15.4. The second-order valence-corrected chi connectivity index (χ2v) is 7.77. The summed E-state index contributed by atoms with van der Waals surface area (Å²) in [6.45, 7) is 0. The molecule has 106 valence electrons. The highest BCUT2D eigenvalue weighted by molar-refractivity contribution is 7.90. The molecule has 0 unspecified atom stereocenters. The fourth-order valence-electron chi connectivity index (χ4n) is 2.10. The van der Waals surface area contributed by atoms with Crippen LogP contribution in [0.3, 0.4) is 0 Å². The Morgan fingerprint density at radius 3 is 2.55 bits per heavy atom. The van der Waals surface area contributed by atoms with Crippen molar-refractivity contribution in [1.82, 2.24) is 9.78 Å². The third kappa shape index (κ3) is 3.41. The summed E-state index contributed by atoms with van der Waals surface area (Å²) < 4.78 is 25.6. The molecule has 20 heavy (non-hydrogen) atoms. The molecule has 2 aromatic rings. The van der Waals surface area contributed by atoms with Crippen molar-refractivity contribution in [1.29, 1.82) is 0 Å². The van der Waals surface area contributed by atoms with Crippen LogP contribution in [0.4, 0.5) is 0 Å². The van der Waals surface area contributed by atoms with Crippen LogP contribution < -0.4 is 0 Å². The number of nitrogens with zero attached hydrogens (tertiary/aromatic N) is 2. The molecule has 1 heterocycles. The quantitative estimate of drug-likeness (QED) is 0.853. The fraction of sp³-hybridized carbons (Fsp3) is 0.357. The second kappa shape index (κ2) is 5.22. The van der Waals surface area contributed by atoms with Gasteiger partial charge in [-0.3, -0.25) is 0 Å². The zero-order chi connectivity index (χ0) is 14.2. The monoisotopic (exact) mass is 310 g/mol. The molecule has 0 saturated heterocycles. The highest BCUT2D eigenvalue weighted by Gasteiger charge is 2.28. The molecule has 1 aliphatic carbocycles. The number of halogens is 1. The number of hydrogen-bond donors (Lipinski definition) is 0. The van der Waals surface area contributed by atoms with Crippen LogP contribution in [-0.4, -0.2) is 24.0 Å². The average Bonchev–Trinajstić information content (AvgIpc) is 3.06. The Hall–Kier alpha value is -1.33. The number of aromatic nitrogens is 2. The number of benzene rings is 1. The Morgan fingerprint density at radius 1 is 1.20 bits per heavy atom. The van der Waals surface area contributed by atoms with E-state index in [4.69, 9.17) is 11.6 Å². The van der Waals surface area contributed by atoms with Crippen molar-refractivity contribution in [2.24, 2.45) is 5.92 Å². The summed E-state index contributed by atoms with van der Waals surface area (Å²) in [5.41, 5.74) is 1.45. The zero-order valence-corrected chi connectivity index (χ0v) is 12.4. The maximum absolute atomic E-state index is 12.0. The van der Waals surface area contributed by atoms with Gasteiger partial charge in [0.15, 0.2) is 9.84 Å². The van der Waals surface area contributed by atoms with Crippen molar-refractivity contribution in [2.45, 2.75) is 18.6 Å². The van der Waals surface area contributed by atoms with E-state index >= 15 is 0 Å². The van der Waals surface area contributed by atoms with E-state index in [0.29, 0.717) is 22.4 Å². The summed E-state index contributed by atoms with van der Waals surface area (Å²) in [6.07, 6.45) is 3.85. The Labute approximate surface area is 123 Å². The Bertz CT molecular complexity index is 703. The first-order chi connectivity index (χ1) is 9.52. The van der Waals surface area contributed by atoms with Crippen LogP contribution in [0.25, 0.3) is 5.69 Å². The van der Waals surface area contributed by atoms with Gasteiger partial charge in [0.25, 0.3) is 0 Å². The van der Waals surface area contributed by atoms with E-state index in [0.717, 1.165) is 18.5 Å². The molecule has 0 spiro atoms. The minimum absolute atomic E-state index is 0.0179. The third-order valence-corrected chi connectivity index (χ3v) is 5.26. The lowest BCUT2D eigenvalue weighted by Gasteiger charge is -2.02. The molecule has 0 radical (unpaired) electrons. The van der Waals surface area contributed by atoms with Gasteiger partial charge in [0.2, 0.25) is 0 Å². The van der Waals surface area contributed by atoms with Crippen LogP contribution in [0.5, 0.6) is 0 Å². The molecule has 4 nitrogen and oxygen atoms in total. The van der Waals surface area contributed by atoms with Gasteiger partial charge in [-0.25, -0.2) is 13.1 Å². The molecule has 1 aliphatic rings. The molecular weight excluding hydrogens is 296 g/mol. The molecule has 6 heteroatoms. The standard InChI is InChI=1S/C14H15ClN2O2S/c15-12-3-5-14(6-4-12)17-8-7-13(16-17)10-20(18,19)9-11-1-2-11/h3-8,11H,1-2,9-10H2. The number of rotatable bonds is 5. The molecular formula is C14H15ClN2O2S. The van der Waals surface area contributed by atoms with E-state index in [1.165, 1.54) is 0 Å². The summed E-state index contributed by atoms with van der Waals surface area (Å²) >= 11 is 5.84. The second-order valence-electron chi connectivity index (χ2n) is 5.23. The van der Waals surface area contributed by atoms with Crippen molar-refractivity contribution in [2.75, 3.05) is 5.75 Å². The van der Waals surface area contributed by atoms with Gasteiger partial charge in [-0.15, -0.1) is 0 Å². The van der Waals surface area contributed by atoms with Gasteiger partial charge in [0.05, 0.1) is 22.9 Å². The fourth-order valence-corrected chi connectivity index (χ4v) is 4.00. The summed E-state index contributed by atoms with van der Waals surface area (Å²) in [4.78, 5) is 0. The van der Waals surface area contributed by atoms with Crippen molar-refractivity contribution in [3.63, 3.8) is 0 Å². The lowest BCUT2D eigenvalue weighted by molar-refractivity contribution is 0.590. The van der Waals surface area contributed by atoms with Gasteiger partial charge in [-0.1, -0.05) is 11.6 Å². The maximum Gasteiger partial charge on any atom is 0.156 e. The van der Waals surface area contributed by atoms with Crippen molar-refractivity contribution in [3.8, 4) is 5.69 Å². The highest BCUT2D eigenvalue weighted by Crippen LogP contribution is 2.31. The van der Waals surface area contributed by atoms with E-state index in [2.05, 4.69) is 5.10 Å². The van der Waals surface area contributed by atoms with Crippen molar-refractivity contribution in [3.05, 3.63) is 47.2 Å². The summed E-state index contributed by atoms with van der Waals surface area (Å²) in [5, 5.41) is 4.98. The third-order valence-electron chi connectivity index (χ3n) is 3.29. The average molecular weight is 311 g/mol. The molecule has 3 rings (SSSR count). The van der Waals surface area contributed by atoms with Crippen LogP contribution in [0.15, 0.2) is 36.5 Å². The first-order valence-corrected chi connectivity index (χ1v) is 8.73. The minimum atomic E-state index is -3.04. The van der Waals surface area contributed by atoms with Gasteiger partial charge in [0.1, 0.15) is 0 Å². The largest absolute Gasteiger partial charge is 0.241 e. The van der Waals surface area contributed by atoms with Crippen LogP contribution in [-0.2, 0) is 15.6 Å². The van der Waals surface area contributed by atoms with Gasteiger partial charge < -0.3 is 0 Å². The first-order valence-electron chi connectivity index (χ1n) is 6.53. The maximum atomic E-state index is 12.0. The smallest absolute Gasteiger partial charge is 0.156 e. The lowest BCUT2D eigenvalue weighted by atomic mass is 10.3. The number of sulfone groups is 1. The summed E-state index contributed by atoms with van der Waals surface area (Å²) in [7, 11) is -3.04. The molecule has 1 fully saturated rings. The molecule has 0 aliphatic heterocycles. The SMILES string of the molecule is O=S(=O)(Cc1ccn(-c2ccc(Cl)cc2)n1)CC1CC1. The van der Waals surface area contributed by atoms with E-state index in [1.54, 1.807) is 29.1 Å². The molecule has 0 atom stereocenters. The van der Waals surface area contributed by atoms with Crippen LogP contribution in [0.1, 0.15) is 18.5 Å². The van der Waals surface area contributed by atoms with Crippen molar-refractivity contribution < 1.29 is 8.42 Å². The zero-order valence-electron chi connectivity index (χ0n) is 10.9. The van der Waals surface area contributed by atoms with Gasteiger partial charge in [-0.05, 0) is 49.1 Å². The summed E-state index contributed by atoms with van der Waals surface area (Å²) in [5.74, 6) is 0.684. The van der Waals surface area contributed by atoms with E-state index < -0.39 is 9.84 Å². The van der Waals surface area contributed by atoms with Gasteiger partial charge in [0, 0.05) is 11.2 Å². The predicted octanol–water partition coefficient (Wildman–Crippen LogP) is 2.85.